The van der Waals surface area contributed by atoms with Crippen LogP contribution in [-0.2, 0) is 10.4 Å². The smallest absolute Gasteiger partial charge is 0.870 e. The Morgan fingerprint density at radius 2 is 2.00 bits per heavy atom. The van der Waals surface area contributed by atoms with E-state index in [4.69, 9.17) is 4.55 Å². The summed E-state index contributed by atoms with van der Waals surface area (Å²) in [5.41, 5.74) is -0.241. The van der Waals surface area contributed by atoms with Crippen LogP contribution in [0.25, 0.3) is 0 Å². The van der Waals surface area contributed by atoms with Gasteiger partial charge < -0.3 is 9.29 Å². The molecule has 0 aliphatic carbocycles. The summed E-state index contributed by atoms with van der Waals surface area (Å²) < 4.78 is 32.8. The van der Waals surface area contributed by atoms with Crippen LogP contribution in [-0.4, -0.2) is 19.3 Å². The van der Waals surface area contributed by atoms with Crippen LogP contribution >= 0.6 is 0 Å². The molecule has 1 aromatic rings. The molecule has 76 valence electrons. The van der Waals surface area contributed by atoms with E-state index in [1.165, 1.54) is 12.1 Å². The Balaban J connectivity index is 0.00000196. The van der Waals surface area contributed by atoms with Crippen molar-refractivity contribution in [3.63, 3.8) is 0 Å². The molecular formula is C7H5NaO6S. The molecule has 0 amide bonds. The Morgan fingerprint density at radius 1 is 1.40 bits per heavy atom. The molecule has 0 spiro atoms. The molecule has 0 heterocycles. The number of rotatable bonds is 3. The Kier molecular flexibility index (Phi) is 5.26. The van der Waals surface area contributed by atoms with Crippen LogP contribution in [0.15, 0.2) is 18.2 Å². The SMILES string of the molecule is O=Cc1cccc([O-])c1OS(=O)(=O)O.[Na+]. The summed E-state index contributed by atoms with van der Waals surface area (Å²) in [6, 6.07) is 3.46. The van der Waals surface area contributed by atoms with E-state index in [1.54, 1.807) is 0 Å². The van der Waals surface area contributed by atoms with Gasteiger partial charge in [0.15, 0.2) is 6.29 Å². The van der Waals surface area contributed by atoms with Crippen LogP contribution in [0.5, 0.6) is 11.5 Å². The second-order valence-corrected chi connectivity index (χ2v) is 3.33. The molecule has 0 saturated heterocycles. The van der Waals surface area contributed by atoms with Gasteiger partial charge in [0.25, 0.3) is 0 Å². The average molecular weight is 240 g/mol. The van der Waals surface area contributed by atoms with Gasteiger partial charge in [0.1, 0.15) is 5.75 Å². The molecule has 1 rings (SSSR count). The molecule has 0 aromatic heterocycles. The van der Waals surface area contributed by atoms with E-state index in [9.17, 15) is 18.3 Å². The zero-order chi connectivity index (χ0) is 10.8. The van der Waals surface area contributed by atoms with Crippen LogP contribution in [0.3, 0.4) is 0 Å². The van der Waals surface area contributed by atoms with Gasteiger partial charge in [0.05, 0.1) is 5.56 Å². The quantitative estimate of drug-likeness (QED) is 0.338. The summed E-state index contributed by atoms with van der Waals surface area (Å²) in [7, 11) is -4.79. The van der Waals surface area contributed by atoms with Gasteiger partial charge in [-0.05, 0) is 6.07 Å². The summed E-state index contributed by atoms with van der Waals surface area (Å²) in [4.78, 5) is 10.4. The molecule has 0 bridgehead atoms. The van der Waals surface area contributed by atoms with Crippen LogP contribution in [0.2, 0.25) is 0 Å². The zero-order valence-electron chi connectivity index (χ0n) is 7.71. The van der Waals surface area contributed by atoms with Crippen LogP contribution in [0, 0.1) is 0 Å². The predicted octanol–water partition coefficient (Wildman–Crippen LogP) is -3.24. The van der Waals surface area contributed by atoms with Crippen LogP contribution in [0.1, 0.15) is 10.4 Å². The third-order valence-corrected chi connectivity index (χ3v) is 1.70. The van der Waals surface area contributed by atoms with Gasteiger partial charge in [-0.1, -0.05) is 17.9 Å². The maximum Gasteiger partial charge on any atom is 1.00 e. The molecule has 0 aliphatic heterocycles. The van der Waals surface area contributed by atoms with Crippen molar-refractivity contribution in [2.75, 3.05) is 0 Å². The largest absolute Gasteiger partial charge is 1.00 e. The minimum Gasteiger partial charge on any atom is -0.870 e. The van der Waals surface area contributed by atoms with Crippen molar-refractivity contribution in [2.24, 2.45) is 0 Å². The number of benzene rings is 1. The van der Waals surface area contributed by atoms with Gasteiger partial charge in [-0.3, -0.25) is 9.35 Å². The first-order valence-corrected chi connectivity index (χ1v) is 4.72. The molecule has 6 nitrogen and oxygen atoms in total. The molecule has 0 radical (unpaired) electrons. The third kappa shape index (κ3) is 4.18. The zero-order valence-corrected chi connectivity index (χ0v) is 10.5. The maximum atomic E-state index is 11.0. The third-order valence-electron chi connectivity index (χ3n) is 1.32. The Hall–Kier alpha value is -0.600. The topological polar surface area (TPSA) is 104 Å². The Labute approximate surface area is 108 Å². The van der Waals surface area contributed by atoms with E-state index < -0.39 is 21.9 Å². The van der Waals surface area contributed by atoms with Gasteiger partial charge in [0, 0.05) is 0 Å². The second-order valence-electron chi connectivity index (χ2n) is 2.30. The Morgan fingerprint density at radius 3 is 2.47 bits per heavy atom. The summed E-state index contributed by atoms with van der Waals surface area (Å²) in [6.45, 7) is 0. The monoisotopic (exact) mass is 240 g/mol. The number of para-hydroxylation sites is 1. The van der Waals surface area contributed by atoms with Crippen molar-refractivity contribution in [3.8, 4) is 11.5 Å². The maximum absolute atomic E-state index is 11.0. The molecular weight excluding hydrogens is 235 g/mol. The number of aldehydes is 1. The van der Waals surface area contributed by atoms with Gasteiger partial charge in [-0.15, -0.1) is 0 Å². The van der Waals surface area contributed by atoms with Crippen molar-refractivity contribution in [3.05, 3.63) is 23.8 Å². The number of carbonyl (C=O) groups excluding carboxylic acids is 1. The first kappa shape index (κ1) is 14.4. The van der Waals surface area contributed by atoms with Crippen LogP contribution in [0.4, 0.5) is 0 Å². The summed E-state index contributed by atoms with van der Waals surface area (Å²) >= 11 is 0. The van der Waals surface area contributed by atoms with Gasteiger partial charge in [0.2, 0.25) is 0 Å². The van der Waals surface area contributed by atoms with Crippen molar-refractivity contribution >= 4 is 16.7 Å². The molecule has 0 fully saturated rings. The minimum absolute atomic E-state index is 0. The number of carbonyl (C=O) groups is 1. The van der Waals surface area contributed by atoms with E-state index in [0.29, 0.717) is 0 Å². The van der Waals surface area contributed by atoms with Crippen molar-refractivity contribution in [1.82, 2.24) is 0 Å². The molecule has 15 heavy (non-hydrogen) atoms. The fourth-order valence-electron chi connectivity index (χ4n) is 0.820. The van der Waals surface area contributed by atoms with E-state index >= 15 is 0 Å². The normalized spacial score (nSPS) is 10.2. The summed E-state index contributed by atoms with van der Waals surface area (Å²) in [5.74, 6) is -1.50. The molecule has 0 saturated carbocycles. The van der Waals surface area contributed by atoms with Crippen molar-refractivity contribution in [1.29, 1.82) is 0 Å². The van der Waals surface area contributed by atoms with Gasteiger partial charge in [-0.2, -0.15) is 8.42 Å². The molecule has 0 atom stereocenters. The van der Waals surface area contributed by atoms with Crippen molar-refractivity contribution in [2.45, 2.75) is 0 Å². The second kappa shape index (κ2) is 5.47. The molecule has 0 aliphatic rings. The fraction of sp³-hybridized carbons (Fsp3) is 0. The minimum atomic E-state index is -4.79. The predicted molar refractivity (Wildman–Crippen MR) is 43.5 cm³/mol. The number of hydrogen-bond acceptors (Lipinski definition) is 5. The van der Waals surface area contributed by atoms with Gasteiger partial charge in [-0.25, -0.2) is 0 Å². The van der Waals surface area contributed by atoms with Crippen molar-refractivity contribution < 1.29 is 56.6 Å². The summed E-state index contributed by atoms with van der Waals surface area (Å²) in [6.07, 6.45) is 0.252. The Bertz CT molecular complexity index is 455. The molecule has 1 N–H and O–H groups in total. The van der Waals surface area contributed by atoms with E-state index in [0.717, 1.165) is 6.07 Å². The molecule has 1 aromatic carbocycles. The van der Waals surface area contributed by atoms with E-state index in [-0.39, 0.29) is 41.4 Å². The van der Waals surface area contributed by atoms with E-state index in [2.05, 4.69) is 4.18 Å². The average Bonchev–Trinajstić information content (AvgIpc) is 2.06. The molecule has 8 heteroatoms. The summed E-state index contributed by atoms with van der Waals surface area (Å²) in [5, 5.41) is 11.0. The van der Waals surface area contributed by atoms with Crippen LogP contribution < -0.4 is 38.8 Å². The standard InChI is InChI=1S/C7H6O6S.Na/c8-4-5-2-1-3-6(9)7(5)13-14(10,11)12;/h1-4,9H,(H,10,11,12);/q;+1/p-1. The fourth-order valence-corrected chi connectivity index (χ4v) is 1.21. The number of hydrogen-bond donors (Lipinski definition) is 1. The van der Waals surface area contributed by atoms with Gasteiger partial charge >= 0.3 is 40.0 Å². The first-order chi connectivity index (χ1) is 6.44. The molecule has 0 unspecified atom stereocenters. The first-order valence-electron chi connectivity index (χ1n) is 3.36. The van der Waals surface area contributed by atoms with E-state index in [1.807, 2.05) is 0 Å².